The van der Waals surface area contributed by atoms with Crippen LogP contribution in [0.4, 0.5) is 5.95 Å². The van der Waals surface area contributed by atoms with Crippen LogP contribution < -0.4 is 11.1 Å². The number of hydrogen-bond acceptors (Lipinski definition) is 4. The minimum atomic E-state index is -0.157. The van der Waals surface area contributed by atoms with Gasteiger partial charge in [0.1, 0.15) is 5.15 Å². The molecule has 0 aromatic carbocycles. The third kappa shape index (κ3) is 3.40. The van der Waals surface area contributed by atoms with Crippen molar-refractivity contribution < 1.29 is 4.79 Å². The fraction of sp³-hybridized carbons (Fsp3) is 0.583. The van der Waals surface area contributed by atoms with Gasteiger partial charge in [0, 0.05) is 12.2 Å². The van der Waals surface area contributed by atoms with Crippen molar-refractivity contribution in [2.24, 2.45) is 11.7 Å². The van der Waals surface area contributed by atoms with Gasteiger partial charge in [-0.1, -0.05) is 30.9 Å². The van der Waals surface area contributed by atoms with Gasteiger partial charge in [-0.15, -0.1) is 0 Å². The van der Waals surface area contributed by atoms with Gasteiger partial charge in [-0.2, -0.15) is 0 Å². The Morgan fingerprint density at radius 1 is 1.39 bits per heavy atom. The highest BCUT2D eigenvalue weighted by Gasteiger charge is 2.27. The standard InChI is InChI=1S/C12H17ClN4O/c13-10-6-7-15-12(16-10)17-11(18)8-4-2-1-3-5-9(8)14/h6-9H,1-5,14H2,(H,15,16,17,18). The zero-order valence-electron chi connectivity index (χ0n) is 10.1. The molecule has 1 saturated carbocycles. The normalized spacial score (nSPS) is 24.3. The second-order valence-corrected chi connectivity index (χ2v) is 4.99. The van der Waals surface area contributed by atoms with E-state index in [9.17, 15) is 4.79 Å². The predicted molar refractivity (Wildman–Crippen MR) is 70.2 cm³/mol. The molecule has 5 nitrogen and oxygen atoms in total. The monoisotopic (exact) mass is 268 g/mol. The maximum Gasteiger partial charge on any atom is 0.231 e. The first-order valence-electron chi connectivity index (χ1n) is 6.22. The summed E-state index contributed by atoms with van der Waals surface area (Å²) in [5.74, 6) is -0.0225. The first-order valence-corrected chi connectivity index (χ1v) is 6.59. The molecule has 2 atom stereocenters. The van der Waals surface area contributed by atoms with Crippen molar-refractivity contribution in [2.45, 2.75) is 38.1 Å². The van der Waals surface area contributed by atoms with Gasteiger partial charge < -0.3 is 5.73 Å². The Morgan fingerprint density at radius 3 is 2.94 bits per heavy atom. The Morgan fingerprint density at radius 2 is 2.17 bits per heavy atom. The number of nitrogens with two attached hydrogens (primary N) is 1. The highest BCUT2D eigenvalue weighted by atomic mass is 35.5. The highest BCUT2D eigenvalue weighted by molar-refractivity contribution is 6.29. The molecule has 1 aromatic heterocycles. The lowest BCUT2D eigenvalue weighted by Crippen LogP contribution is -2.38. The fourth-order valence-corrected chi connectivity index (χ4v) is 2.40. The van der Waals surface area contributed by atoms with Crippen LogP contribution in [-0.2, 0) is 4.79 Å². The lowest BCUT2D eigenvalue weighted by Gasteiger charge is -2.19. The summed E-state index contributed by atoms with van der Waals surface area (Å²) >= 11 is 5.74. The lowest BCUT2D eigenvalue weighted by atomic mass is 9.95. The molecule has 0 aliphatic heterocycles. The third-order valence-electron chi connectivity index (χ3n) is 3.26. The van der Waals surface area contributed by atoms with Crippen LogP contribution in [0, 0.1) is 5.92 Å². The number of carbonyl (C=O) groups is 1. The SMILES string of the molecule is NC1CCCCCC1C(=O)Nc1nccc(Cl)n1. The number of hydrogen-bond donors (Lipinski definition) is 2. The third-order valence-corrected chi connectivity index (χ3v) is 3.47. The predicted octanol–water partition coefficient (Wildman–Crippen LogP) is 1.98. The Labute approximate surface area is 111 Å². The maximum absolute atomic E-state index is 12.1. The van der Waals surface area contributed by atoms with Crippen molar-refractivity contribution in [1.29, 1.82) is 0 Å². The number of nitrogens with one attached hydrogen (secondary N) is 1. The maximum atomic E-state index is 12.1. The summed E-state index contributed by atoms with van der Waals surface area (Å²) in [7, 11) is 0. The number of carbonyl (C=O) groups excluding carboxylic acids is 1. The number of aromatic nitrogens is 2. The van der Waals surface area contributed by atoms with Gasteiger partial charge in [0.05, 0.1) is 5.92 Å². The molecule has 0 bridgehead atoms. The van der Waals surface area contributed by atoms with E-state index in [1.807, 2.05) is 0 Å². The molecule has 2 unspecified atom stereocenters. The molecular formula is C12H17ClN4O. The molecule has 1 aliphatic rings. The second kappa shape index (κ2) is 6.11. The van der Waals surface area contributed by atoms with Gasteiger partial charge in [-0.25, -0.2) is 9.97 Å². The zero-order chi connectivity index (χ0) is 13.0. The summed E-state index contributed by atoms with van der Waals surface area (Å²) < 4.78 is 0. The van der Waals surface area contributed by atoms with Gasteiger partial charge in [0.2, 0.25) is 11.9 Å². The summed E-state index contributed by atoms with van der Waals surface area (Å²) in [6.45, 7) is 0. The van der Waals surface area contributed by atoms with Gasteiger partial charge in [-0.3, -0.25) is 10.1 Å². The molecule has 1 fully saturated rings. The van der Waals surface area contributed by atoms with E-state index >= 15 is 0 Å². The Bertz CT molecular complexity index is 426. The van der Waals surface area contributed by atoms with Crippen molar-refractivity contribution in [3.05, 3.63) is 17.4 Å². The number of rotatable bonds is 2. The van der Waals surface area contributed by atoms with Gasteiger partial charge in [0.25, 0.3) is 0 Å². The van der Waals surface area contributed by atoms with Crippen molar-refractivity contribution >= 4 is 23.5 Å². The molecule has 1 amide bonds. The lowest BCUT2D eigenvalue weighted by molar-refractivity contribution is -0.120. The Hall–Kier alpha value is -1.20. The molecule has 6 heteroatoms. The van der Waals surface area contributed by atoms with E-state index < -0.39 is 0 Å². The molecule has 0 saturated heterocycles. The Kier molecular flexibility index (Phi) is 4.49. The fourth-order valence-electron chi connectivity index (χ4n) is 2.26. The van der Waals surface area contributed by atoms with Crippen LogP contribution in [0.15, 0.2) is 12.3 Å². The van der Waals surface area contributed by atoms with Crippen LogP contribution in [0.2, 0.25) is 5.15 Å². The topological polar surface area (TPSA) is 80.9 Å². The molecule has 1 aliphatic carbocycles. The molecule has 2 rings (SSSR count). The van der Waals surface area contributed by atoms with Crippen molar-refractivity contribution in [1.82, 2.24) is 9.97 Å². The van der Waals surface area contributed by atoms with E-state index in [0.717, 1.165) is 32.1 Å². The number of nitrogens with zero attached hydrogens (tertiary/aromatic N) is 2. The molecule has 3 N–H and O–H groups in total. The van der Waals surface area contributed by atoms with Crippen molar-refractivity contribution in [2.75, 3.05) is 5.32 Å². The summed E-state index contributed by atoms with van der Waals surface area (Å²) in [6, 6.07) is 1.49. The van der Waals surface area contributed by atoms with Crippen LogP contribution in [0.25, 0.3) is 0 Å². The summed E-state index contributed by atoms with van der Waals surface area (Å²) in [4.78, 5) is 20.0. The van der Waals surface area contributed by atoms with Crippen LogP contribution in [-0.4, -0.2) is 21.9 Å². The first-order chi connectivity index (χ1) is 8.66. The zero-order valence-corrected chi connectivity index (χ0v) is 10.9. The Balaban J connectivity index is 2.02. The molecule has 18 heavy (non-hydrogen) atoms. The summed E-state index contributed by atoms with van der Waals surface area (Å²) in [6.07, 6.45) is 6.52. The van der Waals surface area contributed by atoms with Crippen molar-refractivity contribution in [3.8, 4) is 0 Å². The smallest absolute Gasteiger partial charge is 0.231 e. The minimum Gasteiger partial charge on any atom is -0.327 e. The second-order valence-electron chi connectivity index (χ2n) is 4.60. The molecular weight excluding hydrogens is 252 g/mol. The van der Waals surface area contributed by atoms with Crippen LogP contribution in [0.1, 0.15) is 32.1 Å². The molecule has 0 radical (unpaired) electrons. The number of anilines is 1. The average Bonchev–Trinajstić information content (AvgIpc) is 2.54. The van der Waals surface area contributed by atoms with Gasteiger partial charge >= 0.3 is 0 Å². The van der Waals surface area contributed by atoms with Gasteiger partial charge in [0.15, 0.2) is 0 Å². The van der Waals surface area contributed by atoms with Gasteiger partial charge in [-0.05, 0) is 18.9 Å². The van der Waals surface area contributed by atoms with E-state index in [2.05, 4.69) is 15.3 Å². The number of amides is 1. The molecule has 1 heterocycles. The van der Waals surface area contributed by atoms with E-state index in [-0.39, 0.29) is 23.8 Å². The molecule has 98 valence electrons. The number of halogens is 1. The quantitative estimate of drug-likeness (QED) is 0.635. The van der Waals surface area contributed by atoms with E-state index in [1.165, 1.54) is 6.20 Å². The van der Waals surface area contributed by atoms with Crippen LogP contribution >= 0.6 is 11.6 Å². The van der Waals surface area contributed by atoms with Crippen LogP contribution in [0.5, 0.6) is 0 Å². The van der Waals surface area contributed by atoms with Crippen LogP contribution in [0.3, 0.4) is 0 Å². The van der Waals surface area contributed by atoms with E-state index in [0.29, 0.717) is 5.15 Å². The minimum absolute atomic E-state index is 0.0771. The molecule has 0 spiro atoms. The van der Waals surface area contributed by atoms with E-state index in [1.54, 1.807) is 6.07 Å². The first kappa shape index (κ1) is 13.2. The molecule has 1 aromatic rings. The van der Waals surface area contributed by atoms with Crippen molar-refractivity contribution in [3.63, 3.8) is 0 Å². The summed E-state index contributed by atoms with van der Waals surface area (Å²) in [5.41, 5.74) is 6.04. The van der Waals surface area contributed by atoms with E-state index in [4.69, 9.17) is 17.3 Å². The summed E-state index contributed by atoms with van der Waals surface area (Å²) in [5, 5.41) is 3.00. The highest BCUT2D eigenvalue weighted by Crippen LogP contribution is 2.23. The largest absolute Gasteiger partial charge is 0.327 e. The average molecular weight is 269 g/mol.